The molecule has 2 aliphatic rings. The van der Waals surface area contributed by atoms with Gasteiger partial charge >= 0.3 is 5.97 Å². The molecular weight excluding hydrogens is 270 g/mol. The van der Waals surface area contributed by atoms with Crippen molar-refractivity contribution in [2.75, 3.05) is 18.8 Å². The van der Waals surface area contributed by atoms with Gasteiger partial charge in [0, 0.05) is 13.1 Å². The zero-order valence-electron chi connectivity index (χ0n) is 10.7. The Morgan fingerprint density at radius 1 is 1.11 bits per heavy atom. The summed E-state index contributed by atoms with van der Waals surface area (Å²) in [6.45, 7) is 0.606. The minimum atomic E-state index is -3.35. The molecule has 0 bridgehead atoms. The van der Waals surface area contributed by atoms with Gasteiger partial charge in [0.15, 0.2) is 9.84 Å². The Bertz CT molecular complexity index is 473. The Morgan fingerprint density at radius 2 is 1.84 bits per heavy atom. The predicted molar refractivity (Wildman–Crippen MR) is 68.4 cm³/mol. The normalized spacial score (nSPS) is 30.8. The third-order valence-corrected chi connectivity index (χ3v) is 6.10. The Kier molecular flexibility index (Phi) is 4.13. The van der Waals surface area contributed by atoms with E-state index in [2.05, 4.69) is 0 Å². The second kappa shape index (κ2) is 5.48. The van der Waals surface area contributed by atoms with Gasteiger partial charge in [-0.25, -0.2) is 8.42 Å². The van der Waals surface area contributed by atoms with Crippen molar-refractivity contribution in [3.05, 3.63) is 0 Å². The molecule has 0 radical (unpaired) electrons. The Morgan fingerprint density at radius 3 is 2.47 bits per heavy atom. The van der Waals surface area contributed by atoms with Gasteiger partial charge < -0.3 is 10.0 Å². The quantitative estimate of drug-likeness (QED) is 0.788. The number of likely N-dealkylation sites (tertiary alicyclic amines) is 1. The highest BCUT2D eigenvalue weighted by atomic mass is 32.2. The molecule has 2 rings (SSSR count). The second-order valence-electron chi connectivity index (χ2n) is 5.31. The Balaban J connectivity index is 2.08. The van der Waals surface area contributed by atoms with Crippen LogP contribution >= 0.6 is 0 Å². The standard InChI is InChI=1S/C12H19NO5S/c14-11(10-5-1-2-7-19(10,17)18)13-6-3-4-9(8-13)12(15)16/h9-10H,1-8H2,(H,15,16)/t9-,10?/m0/s1. The summed E-state index contributed by atoms with van der Waals surface area (Å²) in [7, 11) is -3.35. The molecule has 6 nitrogen and oxygen atoms in total. The van der Waals surface area contributed by atoms with Crippen LogP contribution in [-0.4, -0.2) is 54.4 Å². The first kappa shape index (κ1) is 14.3. The summed E-state index contributed by atoms with van der Waals surface area (Å²) in [5, 5.41) is 8.04. The molecule has 0 spiro atoms. The summed E-state index contributed by atoms with van der Waals surface area (Å²) in [6, 6.07) is 0. The van der Waals surface area contributed by atoms with Crippen LogP contribution in [0.1, 0.15) is 32.1 Å². The van der Waals surface area contributed by atoms with Gasteiger partial charge in [0.2, 0.25) is 5.91 Å². The number of aliphatic carboxylic acids is 1. The van der Waals surface area contributed by atoms with Crippen molar-refractivity contribution in [1.29, 1.82) is 0 Å². The maximum Gasteiger partial charge on any atom is 0.308 e. The van der Waals surface area contributed by atoms with Crippen LogP contribution < -0.4 is 0 Å². The molecule has 0 aromatic rings. The van der Waals surface area contributed by atoms with Gasteiger partial charge in [0.25, 0.3) is 0 Å². The monoisotopic (exact) mass is 289 g/mol. The molecule has 1 N–H and O–H groups in total. The fourth-order valence-corrected chi connectivity index (χ4v) is 4.69. The molecule has 2 atom stereocenters. The van der Waals surface area contributed by atoms with Gasteiger partial charge in [-0.2, -0.15) is 0 Å². The lowest BCUT2D eigenvalue weighted by Gasteiger charge is -2.34. The molecule has 1 amide bonds. The van der Waals surface area contributed by atoms with Crippen molar-refractivity contribution in [3.8, 4) is 0 Å². The number of hydrogen-bond acceptors (Lipinski definition) is 4. The molecule has 0 aliphatic carbocycles. The van der Waals surface area contributed by atoms with Gasteiger partial charge in [-0.1, -0.05) is 6.42 Å². The van der Waals surface area contributed by atoms with Crippen LogP contribution in [0, 0.1) is 5.92 Å². The molecule has 2 heterocycles. The van der Waals surface area contributed by atoms with E-state index in [0.717, 1.165) is 6.42 Å². The lowest BCUT2D eigenvalue weighted by molar-refractivity contribution is -0.145. The number of carboxylic acids is 1. The third-order valence-electron chi connectivity index (χ3n) is 3.94. The van der Waals surface area contributed by atoms with Gasteiger partial charge in [-0.05, 0) is 25.7 Å². The maximum atomic E-state index is 12.3. The van der Waals surface area contributed by atoms with Crippen LogP contribution in [0.4, 0.5) is 0 Å². The zero-order valence-corrected chi connectivity index (χ0v) is 11.6. The predicted octanol–water partition coefficient (Wildman–Crippen LogP) is 0.277. The molecule has 0 aromatic heterocycles. The summed E-state index contributed by atoms with van der Waals surface area (Å²) < 4.78 is 23.8. The van der Waals surface area contributed by atoms with Gasteiger partial charge in [0.1, 0.15) is 5.25 Å². The lowest BCUT2D eigenvalue weighted by Crippen LogP contribution is -2.49. The average Bonchev–Trinajstić information content (AvgIpc) is 2.37. The summed E-state index contributed by atoms with van der Waals surface area (Å²) in [4.78, 5) is 24.7. The minimum Gasteiger partial charge on any atom is -0.481 e. The molecule has 2 aliphatic heterocycles. The molecule has 0 aromatic carbocycles. The maximum absolute atomic E-state index is 12.3. The topological polar surface area (TPSA) is 91.8 Å². The molecule has 1 unspecified atom stereocenters. The SMILES string of the molecule is O=C(O)[C@H]1CCCN(C(=O)C2CCCCS2(=O)=O)C1. The first-order valence-corrected chi connectivity index (χ1v) is 8.36. The summed E-state index contributed by atoms with van der Waals surface area (Å²) >= 11 is 0. The van der Waals surface area contributed by atoms with Crippen LogP contribution in [0.25, 0.3) is 0 Å². The molecule has 108 valence electrons. The number of carboxylic acid groups (broad SMARTS) is 1. The van der Waals surface area contributed by atoms with Crippen molar-refractivity contribution in [3.63, 3.8) is 0 Å². The number of hydrogen-bond donors (Lipinski definition) is 1. The number of amides is 1. The highest BCUT2D eigenvalue weighted by molar-refractivity contribution is 7.92. The van der Waals surface area contributed by atoms with E-state index in [0.29, 0.717) is 32.2 Å². The van der Waals surface area contributed by atoms with Crippen LogP contribution in [0.5, 0.6) is 0 Å². The van der Waals surface area contributed by atoms with Crippen molar-refractivity contribution >= 4 is 21.7 Å². The molecular formula is C12H19NO5S. The summed E-state index contributed by atoms with van der Waals surface area (Å²) in [5.41, 5.74) is 0. The van der Waals surface area contributed by atoms with E-state index >= 15 is 0 Å². The highest BCUT2D eigenvalue weighted by Gasteiger charge is 2.39. The molecule has 0 saturated carbocycles. The number of carbonyl (C=O) groups is 2. The van der Waals surface area contributed by atoms with E-state index in [1.165, 1.54) is 4.90 Å². The second-order valence-corrected chi connectivity index (χ2v) is 7.62. The molecule has 19 heavy (non-hydrogen) atoms. The van der Waals surface area contributed by atoms with E-state index in [-0.39, 0.29) is 12.3 Å². The lowest BCUT2D eigenvalue weighted by atomic mass is 9.98. The van der Waals surface area contributed by atoms with Gasteiger partial charge in [-0.15, -0.1) is 0 Å². The Labute approximate surface area is 112 Å². The minimum absolute atomic E-state index is 0.0691. The number of sulfone groups is 1. The largest absolute Gasteiger partial charge is 0.481 e. The number of nitrogens with zero attached hydrogens (tertiary/aromatic N) is 1. The molecule has 2 saturated heterocycles. The van der Waals surface area contributed by atoms with Crippen molar-refractivity contribution in [1.82, 2.24) is 4.90 Å². The van der Waals surface area contributed by atoms with Crippen molar-refractivity contribution in [2.45, 2.75) is 37.4 Å². The van der Waals surface area contributed by atoms with Crippen LogP contribution in [0.3, 0.4) is 0 Å². The van der Waals surface area contributed by atoms with Crippen molar-refractivity contribution < 1.29 is 23.1 Å². The van der Waals surface area contributed by atoms with E-state index in [4.69, 9.17) is 5.11 Å². The first-order chi connectivity index (χ1) is 8.92. The summed E-state index contributed by atoms with van der Waals surface area (Å²) in [6.07, 6.45) is 2.90. The third kappa shape index (κ3) is 3.08. The molecule has 2 fully saturated rings. The van der Waals surface area contributed by atoms with Crippen LogP contribution in [0.2, 0.25) is 0 Å². The highest BCUT2D eigenvalue weighted by Crippen LogP contribution is 2.24. The number of piperidine rings is 1. The van der Waals surface area contributed by atoms with E-state index in [1.54, 1.807) is 0 Å². The van der Waals surface area contributed by atoms with Crippen LogP contribution in [0.15, 0.2) is 0 Å². The zero-order chi connectivity index (χ0) is 14.0. The van der Waals surface area contributed by atoms with Crippen molar-refractivity contribution in [2.24, 2.45) is 5.92 Å². The number of rotatable bonds is 2. The molecule has 7 heteroatoms. The van der Waals surface area contributed by atoms with E-state index < -0.39 is 32.9 Å². The first-order valence-electron chi connectivity index (χ1n) is 6.65. The average molecular weight is 289 g/mol. The van der Waals surface area contributed by atoms with Crippen LogP contribution in [-0.2, 0) is 19.4 Å². The van der Waals surface area contributed by atoms with E-state index in [9.17, 15) is 18.0 Å². The fraction of sp³-hybridized carbons (Fsp3) is 0.833. The smallest absolute Gasteiger partial charge is 0.308 e. The van der Waals surface area contributed by atoms with Gasteiger partial charge in [-0.3, -0.25) is 9.59 Å². The van der Waals surface area contributed by atoms with E-state index in [1.807, 2.05) is 0 Å². The summed E-state index contributed by atoms with van der Waals surface area (Å²) in [5.74, 6) is -1.81. The Hall–Kier alpha value is -1.11. The number of carbonyl (C=O) groups excluding carboxylic acids is 1. The van der Waals surface area contributed by atoms with Gasteiger partial charge in [0.05, 0.1) is 11.7 Å². The fourth-order valence-electron chi connectivity index (χ4n) is 2.81.